The van der Waals surface area contributed by atoms with Crippen molar-refractivity contribution in [2.24, 2.45) is 0 Å². The third-order valence-electron chi connectivity index (χ3n) is 4.45. The molecule has 4 rings (SSSR count). The average molecular weight is 433 g/mol. The van der Waals surface area contributed by atoms with Gasteiger partial charge in [-0.05, 0) is 17.7 Å². The summed E-state index contributed by atoms with van der Waals surface area (Å²) in [5.41, 5.74) is 2.57. The van der Waals surface area contributed by atoms with E-state index in [0.717, 1.165) is 21.7 Å². The lowest BCUT2D eigenvalue weighted by Crippen LogP contribution is -2.39. The van der Waals surface area contributed by atoms with Crippen LogP contribution in [0.4, 0.5) is 4.79 Å². The molecule has 0 aliphatic carbocycles. The molecule has 0 spiro atoms. The van der Waals surface area contributed by atoms with Crippen LogP contribution in [0.5, 0.6) is 0 Å². The van der Waals surface area contributed by atoms with Crippen molar-refractivity contribution in [2.75, 3.05) is 5.75 Å². The van der Waals surface area contributed by atoms with Crippen LogP contribution in [0.3, 0.4) is 0 Å². The van der Waals surface area contributed by atoms with Gasteiger partial charge in [0, 0.05) is 18.7 Å². The second-order valence-corrected chi connectivity index (χ2v) is 7.71. The normalized spacial score (nSPS) is 10.7. The summed E-state index contributed by atoms with van der Waals surface area (Å²) in [4.78, 5) is 32.6. The zero-order valence-corrected chi connectivity index (χ0v) is 17.4. The van der Waals surface area contributed by atoms with E-state index in [4.69, 9.17) is 0 Å². The third-order valence-corrected chi connectivity index (χ3v) is 5.45. The van der Waals surface area contributed by atoms with Gasteiger partial charge in [-0.15, -0.1) is 11.8 Å². The summed E-state index contributed by atoms with van der Waals surface area (Å²) in [7, 11) is 0. The molecule has 156 valence electrons. The molecule has 8 nitrogen and oxygen atoms in total. The Labute approximate surface area is 183 Å². The van der Waals surface area contributed by atoms with Crippen LogP contribution >= 0.6 is 11.8 Å². The zero-order chi connectivity index (χ0) is 21.5. The molecular formula is C22H20N6O2S. The van der Waals surface area contributed by atoms with E-state index in [2.05, 4.69) is 25.7 Å². The number of aromatic nitrogens is 4. The van der Waals surface area contributed by atoms with Crippen LogP contribution < -0.4 is 10.6 Å². The van der Waals surface area contributed by atoms with E-state index in [1.54, 1.807) is 10.9 Å². The molecule has 31 heavy (non-hydrogen) atoms. The van der Waals surface area contributed by atoms with Crippen molar-refractivity contribution in [3.05, 3.63) is 78.8 Å². The van der Waals surface area contributed by atoms with Crippen LogP contribution in [0.15, 0.2) is 78.2 Å². The van der Waals surface area contributed by atoms with Gasteiger partial charge in [0.15, 0.2) is 5.65 Å². The monoisotopic (exact) mass is 432 g/mol. The maximum atomic E-state index is 12.1. The summed E-state index contributed by atoms with van der Waals surface area (Å²) in [5.74, 6) is 0.129. The number of benzene rings is 2. The number of carbonyl (C=O) groups is 2. The first-order valence-corrected chi connectivity index (χ1v) is 10.7. The molecule has 0 bridgehead atoms. The SMILES string of the molecule is O=C(CCSc1ncnc2c1cnn2-c1ccccc1)NC(=O)NCc1ccccc1. The fourth-order valence-electron chi connectivity index (χ4n) is 2.95. The molecule has 4 aromatic rings. The molecule has 0 saturated heterocycles. The third kappa shape index (κ3) is 5.26. The quantitative estimate of drug-likeness (QED) is 0.343. The number of thioether (sulfide) groups is 1. The predicted molar refractivity (Wildman–Crippen MR) is 119 cm³/mol. The molecule has 2 heterocycles. The van der Waals surface area contributed by atoms with Gasteiger partial charge in [0.25, 0.3) is 0 Å². The Morgan fingerprint density at radius 3 is 2.48 bits per heavy atom. The Bertz CT molecular complexity index is 1180. The largest absolute Gasteiger partial charge is 0.334 e. The number of urea groups is 1. The number of hydrogen-bond acceptors (Lipinski definition) is 6. The minimum Gasteiger partial charge on any atom is -0.334 e. The highest BCUT2D eigenvalue weighted by Gasteiger charge is 2.13. The summed E-state index contributed by atoms with van der Waals surface area (Å²) < 4.78 is 1.75. The smallest absolute Gasteiger partial charge is 0.321 e. The van der Waals surface area contributed by atoms with E-state index >= 15 is 0 Å². The topological polar surface area (TPSA) is 102 Å². The van der Waals surface area contributed by atoms with Crippen molar-refractivity contribution >= 4 is 34.7 Å². The Kier molecular flexibility index (Phi) is 6.53. The number of amides is 3. The van der Waals surface area contributed by atoms with Crippen LogP contribution in [0.1, 0.15) is 12.0 Å². The van der Waals surface area contributed by atoms with Crippen LogP contribution in [0.25, 0.3) is 16.7 Å². The summed E-state index contributed by atoms with van der Waals surface area (Å²) in [6.07, 6.45) is 3.40. The first-order valence-electron chi connectivity index (χ1n) is 9.69. The number of nitrogens with zero attached hydrogens (tertiary/aromatic N) is 4. The second kappa shape index (κ2) is 9.86. The number of imide groups is 1. The number of hydrogen-bond donors (Lipinski definition) is 2. The van der Waals surface area contributed by atoms with Gasteiger partial charge < -0.3 is 5.32 Å². The van der Waals surface area contributed by atoms with Gasteiger partial charge in [0.2, 0.25) is 5.91 Å². The van der Waals surface area contributed by atoms with Crippen molar-refractivity contribution in [1.29, 1.82) is 0 Å². The van der Waals surface area contributed by atoms with Crippen molar-refractivity contribution in [3.63, 3.8) is 0 Å². The molecule has 0 aliphatic rings. The lowest BCUT2D eigenvalue weighted by atomic mass is 10.2. The van der Waals surface area contributed by atoms with Gasteiger partial charge in [-0.3, -0.25) is 10.1 Å². The molecule has 3 amide bonds. The van der Waals surface area contributed by atoms with Gasteiger partial charge in [-0.1, -0.05) is 48.5 Å². The van der Waals surface area contributed by atoms with Crippen LogP contribution in [-0.2, 0) is 11.3 Å². The van der Waals surface area contributed by atoms with Gasteiger partial charge in [0.1, 0.15) is 11.4 Å². The fraction of sp³-hybridized carbons (Fsp3) is 0.136. The standard InChI is InChI=1S/C22H20N6O2S/c29-19(27-22(30)23-13-16-7-3-1-4-8-16)11-12-31-21-18-14-26-28(20(18)24-15-25-21)17-9-5-2-6-10-17/h1-10,14-15H,11-13H2,(H2,23,27,29,30). The van der Waals surface area contributed by atoms with Gasteiger partial charge in [-0.25, -0.2) is 19.4 Å². The van der Waals surface area contributed by atoms with E-state index in [9.17, 15) is 9.59 Å². The van der Waals surface area contributed by atoms with Gasteiger partial charge in [0.05, 0.1) is 17.3 Å². The molecule has 0 saturated carbocycles. The molecule has 0 fully saturated rings. The molecule has 2 aromatic heterocycles. The molecule has 9 heteroatoms. The Hall–Kier alpha value is -3.72. The molecule has 2 N–H and O–H groups in total. The molecule has 0 unspecified atom stereocenters. The Morgan fingerprint density at radius 2 is 1.71 bits per heavy atom. The Morgan fingerprint density at radius 1 is 0.968 bits per heavy atom. The van der Waals surface area contributed by atoms with Crippen molar-refractivity contribution in [1.82, 2.24) is 30.4 Å². The molecule has 0 aliphatic heterocycles. The minimum atomic E-state index is -0.507. The van der Waals surface area contributed by atoms with Crippen molar-refractivity contribution in [3.8, 4) is 5.69 Å². The van der Waals surface area contributed by atoms with Gasteiger partial charge >= 0.3 is 6.03 Å². The van der Waals surface area contributed by atoms with Crippen LogP contribution in [0.2, 0.25) is 0 Å². The summed E-state index contributed by atoms with van der Waals surface area (Å²) >= 11 is 1.43. The summed E-state index contributed by atoms with van der Waals surface area (Å²) in [5, 5.41) is 11.0. The minimum absolute atomic E-state index is 0.182. The van der Waals surface area contributed by atoms with Gasteiger partial charge in [-0.2, -0.15) is 5.10 Å². The summed E-state index contributed by atoms with van der Waals surface area (Å²) in [6, 6.07) is 18.7. The summed E-state index contributed by atoms with van der Waals surface area (Å²) in [6.45, 7) is 0.360. The highest BCUT2D eigenvalue weighted by atomic mass is 32.2. The molecule has 0 radical (unpaired) electrons. The number of nitrogens with one attached hydrogen (secondary N) is 2. The lowest BCUT2D eigenvalue weighted by molar-refractivity contribution is -0.119. The highest BCUT2D eigenvalue weighted by Crippen LogP contribution is 2.26. The lowest BCUT2D eigenvalue weighted by Gasteiger charge is -2.07. The Balaban J connectivity index is 1.30. The van der Waals surface area contributed by atoms with E-state index in [-0.39, 0.29) is 12.3 Å². The molecule has 0 atom stereocenters. The van der Waals surface area contributed by atoms with E-state index < -0.39 is 6.03 Å². The van der Waals surface area contributed by atoms with Crippen molar-refractivity contribution < 1.29 is 9.59 Å². The highest BCUT2D eigenvalue weighted by molar-refractivity contribution is 7.99. The second-order valence-electron chi connectivity index (χ2n) is 6.62. The molecule has 2 aromatic carbocycles. The average Bonchev–Trinajstić information content (AvgIpc) is 3.24. The fourth-order valence-corrected chi connectivity index (χ4v) is 3.85. The number of rotatable bonds is 7. The molecular weight excluding hydrogens is 412 g/mol. The van der Waals surface area contributed by atoms with Crippen LogP contribution in [0, 0.1) is 0 Å². The van der Waals surface area contributed by atoms with E-state index in [1.807, 2.05) is 60.7 Å². The maximum Gasteiger partial charge on any atom is 0.321 e. The number of fused-ring (bicyclic) bond motifs is 1. The number of para-hydroxylation sites is 1. The van der Waals surface area contributed by atoms with E-state index in [1.165, 1.54) is 18.1 Å². The maximum absolute atomic E-state index is 12.1. The first kappa shape index (κ1) is 20.5. The van der Waals surface area contributed by atoms with Crippen molar-refractivity contribution in [2.45, 2.75) is 18.0 Å². The first-order chi connectivity index (χ1) is 15.2. The zero-order valence-electron chi connectivity index (χ0n) is 16.6. The predicted octanol–water partition coefficient (Wildman–Crippen LogP) is 3.32. The van der Waals surface area contributed by atoms with Crippen LogP contribution in [-0.4, -0.2) is 37.4 Å². The number of carbonyl (C=O) groups excluding carboxylic acids is 2. The van der Waals surface area contributed by atoms with E-state index in [0.29, 0.717) is 17.9 Å².